The molecular weight excluding hydrogens is 431 g/mol. The summed E-state index contributed by atoms with van der Waals surface area (Å²) in [4.78, 5) is 4.62. The van der Waals surface area contributed by atoms with E-state index in [9.17, 15) is 0 Å². The second-order valence-electron chi connectivity index (χ2n) is 8.77. The van der Waals surface area contributed by atoms with Gasteiger partial charge in [-0.2, -0.15) is 0 Å². The number of aromatic nitrogens is 2. The fourth-order valence-corrected chi connectivity index (χ4v) is 5.23. The van der Waals surface area contributed by atoms with E-state index in [0.29, 0.717) is 0 Å². The minimum atomic E-state index is 0. The first-order chi connectivity index (χ1) is 17.4. The summed E-state index contributed by atoms with van der Waals surface area (Å²) in [6, 6.07) is 44.3. The summed E-state index contributed by atoms with van der Waals surface area (Å²) in [7, 11) is 0. The molecule has 0 fully saturated rings. The SMILES string of the molecule is [Li+].[c-]1cccc2c1c1nccn1c1ccc(-c3c(-c4ccccc4)cccc3-c3ccccc3)cc21. The minimum absolute atomic E-state index is 0. The third kappa shape index (κ3) is 3.55. The first-order valence-electron chi connectivity index (χ1n) is 11.8. The van der Waals surface area contributed by atoms with Gasteiger partial charge < -0.3 is 4.40 Å². The number of pyridine rings is 1. The van der Waals surface area contributed by atoms with E-state index in [1.54, 1.807) is 0 Å². The topological polar surface area (TPSA) is 17.3 Å². The Morgan fingerprint density at radius 3 is 2.00 bits per heavy atom. The summed E-state index contributed by atoms with van der Waals surface area (Å²) in [6.07, 6.45) is 3.89. The molecule has 0 saturated heterocycles. The molecule has 0 spiro atoms. The Balaban J connectivity index is 0.00000240. The Morgan fingerprint density at radius 2 is 1.31 bits per heavy atom. The predicted molar refractivity (Wildman–Crippen MR) is 145 cm³/mol. The molecule has 0 atom stereocenters. The molecule has 0 bridgehead atoms. The van der Waals surface area contributed by atoms with Crippen LogP contribution in [0.15, 0.2) is 128 Å². The van der Waals surface area contributed by atoms with Gasteiger partial charge in [0.05, 0.1) is 5.65 Å². The van der Waals surface area contributed by atoms with Crippen LogP contribution in [0.5, 0.6) is 0 Å². The van der Waals surface area contributed by atoms with Crippen LogP contribution in [0.4, 0.5) is 0 Å². The molecule has 0 saturated carbocycles. The fourth-order valence-electron chi connectivity index (χ4n) is 5.23. The molecule has 36 heavy (non-hydrogen) atoms. The summed E-state index contributed by atoms with van der Waals surface area (Å²) in [5.41, 5.74) is 9.40. The van der Waals surface area contributed by atoms with E-state index in [1.165, 1.54) is 44.2 Å². The number of hydrogen-bond donors (Lipinski definition) is 0. The minimum Gasteiger partial charge on any atom is -0.340 e. The number of hydrogen-bond acceptors (Lipinski definition) is 1. The summed E-state index contributed by atoms with van der Waals surface area (Å²) >= 11 is 0. The largest absolute Gasteiger partial charge is 1.00 e. The molecule has 0 N–H and O–H groups in total. The van der Waals surface area contributed by atoms with Crippen LogP contribution in [0.2, 0.25) is 0 Å². The molecule has 2 aromatic heterocycles. The van der Waals surface area contributed by atoms with Gasteiger partial charge in [-0.3, -0.25) is 4.98 Å². The van der Waals surface area contributed by atoms with E-state index >= 15 is 0 Å². The standard InChI is InChI=1S/C33H21N2.Li/c1-3-10-23(11-4-1)26-16-9-17-27(24-12-5-2-6-13-24)32(26)25-18-19-31-30(22-25)28-14-7-8-15-29(28)33-34-20-21-35(31)33;/h1-14,16-22H;/q-1;+1. The summed E-state index contributed by atoms with van der Waals surface area (Å²) in [5.74, 6) is 0. The maximum atomic E-state index is 4.62. The van der Waals surface area contributed by atoms with Gasteiger partial charge in [0.25, 0.3) is 0 Å². The monoisotopic (exact) mass is 452 g/mol. The van der Waals surface area contributed by atoms with Crippen LogP contribution in [0.1, 0.15) is 0 Å². The zero-order valence-corrected chi connectivity index (χ0v) is 20.0. The van der Waals surface area contributed by atoms with Crippen molar-refractivity contribution in [3.05, 3.63) is 134 Å². The molecule has 0 radical (unpaired) electrons. The van der Waals surface area contributed by atoms with Gasteiger partial charge in [0.1, 0.15) is 0 Å². The summed E-state index contributed by atoms with van der Waals surface area (Å²) < 4.78 is 2.17. The first kappa shape index (κ1) is 22.4. The van der Waals surface area contributed by atoms with Gasteiger partial charge in [-0.15, -0.1) is 29.7 Å². The van der Waals surface area contributed by atoms with Crippen molar-refractivity contribution in [1.82, 2.24) is 9.38 Å². The van der Waals surface area contributed by atoms with Crippen LogP contribution >= 0.6 is 0 Å². The van der Waals surface area contributed by atoms with E-state index in [2.05, 4.69) is 125 Å². The average molecular weight is 452 g/mol. The molecule has 0 amide bonds. The Morgan fingerprint density at radius 1 is 0.611 bits per heavy atom. The molecule has 7 rings (SSSR count). The van der Waals surface area contributed by atoms with E-state index in [-0.39, 0.29) is 18.9 Å². The zero-order chi connectivity index (χ0) is 23.2. The Labute approximate surface area is 222 Å². The van der Waals surface area contributed by atoms with Crippen LogP contribution in [-0.4, -0.2) is 9.38 Å². The number of nitrogens with zero attached hydrogens (tertiary/aromatic N) is 2. The van der Waals surface area contributed by atoms with Gasteiger partial charge in [-0.1, -0.05) is 96.4 Å². The number of benzene rings is 5. The van der Waals surface area contributed by atoms with Gasteiger partial charge >= 0.3 is 18.9 Å². The molecular formula is C33H21LiN2. The van der Waals surface area contributed by atoms with Crippen molar-refractivity contribution in [2.75, 3.05) is 0 Å². The van der Waals surface area contributed by atoms with E-state index in [4.69, 9.17) is 0 Å². The van der Waals surface area contributed by atoms with Crippen molar-refractivity contribution in [2.24, 2.45) is 0 Å². The molecule has 7 aromatic rings. The van der Waals surface area contributed by atoms with Crippen LogP contribution in [0.3, 0.4) is 0 Å². The van der Waals surface area contributed by atoms with Gasteiger partial charge in [0.2, 0.25) is 0 Å². The van der Waals surface area contributed by atoms with Crippen molar-refractivity contribution < 1.29 is 18.9 Å². The number of rotatable bonds is 3. The molecule has 3 heteroatoms. The van der Waals surface area contributed by atoms with Gasteiger partial charge in [-0.25, -0.2) is 0 Å². The molecule has 164 valence electrons. The van der Waals surface area contributed by atoms with Crippen molar-refractivity contribution in [2.45, 2.75) is 0 Å². The normalized spacial score (nSPS) is 11.1. The first-order valence-corrected chi connectivity index (χ1v) is 11.8. The van der Waals surface area contributed by atoms with Crippen LogP contribution in [0.25, 0.3) is 60.7 Å². The maximum Gasteiger partial charge on any atom is 1.00 e. The molecule has 2 nitrogen and oxygen atoms in total. The maximum absolute atomic E-state index is 4.62. The van der Waals surface area contributed by atoms with Crippen molar-refractivity contribution in [3.63, 3.8) is 0 Å². The van der Waals surface area contributed by atoms with Crippen molar-refractivity contribution >= 4 is 27.3 Å². The third-order valence-corrected chi connectivity index (χ3v) is 6.79. The number of imidazole rings is 1. The molecule has 0 unspecified atom stereocenters. The Kier molecular flexibility index (Phi) is 5.70. The van der Waals surface area contributed by atoms with E-state index in [1.807, 2.05) is 18.5 Å². The summed E-state index contributed by atoms with van der Waals surface area (Å²) in [6.45, 7) is 0. The second kappa shape index (κ2) is 9.17. The number of fused-ring (bicyclic) bond motifs is 6. The van der Waals surface area contributed by atoms with Crippen LogP contribution < -0.4 is 18.9 Å². The molecule has 0 aliphatic carbocycles. The van der Waals surface area contributed by atoms with Crippen molar-refractivity contribution in [3.8, 4) is 33.4 Å². The van der Waals surface area contributed by atoms with Gasteiger partial charge in [0, 0.05) is 17.9 Å². The smallest absolute Gasteiger partial charge is 0.340 e. The van der Waals surface area contributed by atoms with E-state index < -0.39 is 0 Å². The Bertz CT molecular complexity index is 1780. The van der Waals surface area contributed by atoms with Crippen LogP contribution in [0, 0.1) is 6.07 Å². The molecule has 2 heterocycles. The molecule has 0 aliphatic heterocycles. The predicted octanol–water partition coefficient (Wildman–Crippen LogP) is 5.45. The Hall–Kier alpha value is -4.09. The molecule has 0 aliphatic rings. The van der Waals surface area contributed by atoms with Crippen molar-refractivity contribution in [1.29, 1.82) is 0 Å². The van der Waals surface area contributed by atoms with Gasteiger partial charge in [0.15, 0.2) is 0 Å². The summed E-state index contributed by atoms with van der Waals surface area (Å²) in [5, 5.41) is 3.41. The third-order valence-electron chi connectivity index (χ3n) is 6.79. The zero-order valence-electron chi connectivity index (χ0n) is 20.0. The van der Waals surface area contributed by atoms with Crippen LogP contribution in [-0.2, 0) is 0 Å². The van der Waals surface area contributed by atoms with E-state index in [0.717, 1.165) is 16.6 Å². The average Bonchev–Trinajstić information content (AvgIpc) is 3.44. The quantitative estimate of drug-likeness (QED) is 0.198. The fraction of sp³-hybridized carbons (Fsp3) is 0. The van der Waals surface area contributed by atoms with Gasteiger partial charge in [-0.05, 0) is 44.8 Å². The molecule has 5 aromatic carbocycles. The second-order valence-corrected chi connectivity index (χ2v) is 8.77.